The van der Waals surface area contributed by atoms with Crippen LogP contribution < -0.4 is 0 Å². The molecule has 3 N–H and O–H groups in total. The average molecular weight is 679 g/mol. The standard InChI is InChI=1S/C40H70O8/c1-4-5-17-23-33(42)27-28-36-35(37(43)29-38(36)44)24-19-15-16-20-25-39(45)47-31-34(30-41)48-40(46)26-21-14-12-10-8-6-7-9-11-13-18-22-32(2)3/h15,19,27-28,32-36,38,41-42,44H,4-14,16-18,20-26,29-31H2,1-3H3/b19-15-,28-27+/t33-,34-,35+,36+,38+/m0/s1. The number of carbonyl (C=O) groups is 3. The molecule has 0 aromatic carbocycles. The van der Waals surface area contributed by atoms with Crippen LogP contribution in [0.2, 0.25) is 0 Å². The Morgan fingerprint density at radius 2 is 1.44 bits per heavy atom. The number of esters is 2. The molecule has 0 aromatic heterocycles. The minimum absolute atomic E-state index is 0.0316. The van der Waals surface area contributed by atoms with E-state index in [0.29, 0.717) is 32.1 Å². The lowest BCUT2D eigenvalue weighted by molar-refractivity contribution is -0.161. The molecular formula is C40H70O8. The van der Waals surface area contributed by atoms with Crippen molar-refractivity contribution in [1.29, 1.82) is 0 Å². The van der Waals surface area contributed by atoms with Crippen LogP contribution in [0.25, 0.3) is 0 Å². The van der Waals surface area contributed by atoms with Crippen LogP contribution in [0.3, 0.4) is 0 Å². The third-order valence-electron chi connectivity index (χ3n) is 9.29. The van der Waals surface area contributed by atoms with Gasteiger partial charge in [0.25, 0.3) is 0 Å². The van der Waals surface area contributed by atoms with Crippen molar-refractivity contribution < 1.29 is 39.2 Å². The predicted molar refractivity (Wildman–Crippen MR) is 192 cm³/mol. The first-order valence-corrected chi connectivity index (χ1v) is 19.4. The lowest BCUT2D eigenvalue weighted by atomic mass is 9.90. The maximum absolute atomic E-state index is 12.4. The van der Waals surface area contributed by atoms with Crippen molar-refractivity contribution >= 4 is 17.7 Å². The zero-order chi connectivity index (χ0) is 35.4. The van der Waals surface area contributed by atoms with Gasteiger partial charge in [-0.15, -0.1) is 0 Å². The minimum atomic E-state index is -0.856. The summed E-state index contributed by atoms with van der Waals surface area (Å²) in [6.45, 7) is 6.13. The molecule has 1 saturated carbocycles. The summed E-state index contributed by atoms with van der Waals surface area (Å²) in [4.78, 5) is 36.8. The van der Waals surface area contributed by atoms with E-state index < -0.39 is 30.9 Å². The number of hydrogen-bond donors (Lipinski definition) is 3. The average Bonchev–Trinajstić information content (AvgIpc) is 3.32. The van der Waals surface area contributed by atoms with E-state index in [1.54, 1.807) is 12.2 Å². The van der Waals surface area contributed by atoms with Gasteiger partial charge in [0, 0.05) is 31.1 Å². The van der Waals surface area contributed by atoms with Gasteiger partial charge >= 0.3 is 11.9 Å². The highest BCUT2D eigenvalue weighted by atomic mass is 16.6. The highest BCUT2D eigenvalue weighted by molar-refractivity contribution is 5.84. The number of ketones is 1. The fraction of sp³-hybridized carbons (Fsp3) is 0.825. The van der Waals surface area contributed by atoms with E-state index in [1.165, 1.54) is 57.8 Å². The molecule has 278 valence electrons. The third kappa shape index (κ3) is 22.6. The van der Waals surface area contributed by atoms with Gasteiger partial charge in [0.2, 0.25) is 0 Å². The summed E-state index contributed by atoms with van der Waals surface area (Å²) in [7, 11) is 0. The number of unbranched alkanes of at least 4 members (excludes halogenated alkanes) is 13. The molecule has 0 spiro atoms. The van der Waals surface area contributed by atoms with Gasteiger partial charge in [-0.25, -0.2) is 0 Å². The normalized spacial score (nSPS) is 19.5. The summed E-state index contributed by atoms with van der Waals surface area (Å²) in [5, 5.41) is 30.1. The summed E-state index contributed by atoms with van der Waals surface area (Å²) in [5.74, 6) is -0.556. The number of Topliss-reactive ketones (excluding diaryl/α,β-unsaturated/α-hetero) is 1. The van der Waals surface area contributed by atoms with Crippen LogP contribution in [0, 0.1) is 17.8 Å². The summed E-state index contributed by atoms with van der Waals surface area (Å²) in [6.07, 6.45) is 26.0. The molecule has 0 saturated heterocycles. The van der Waals surface area contributed by atoms with Crippen LogP contribution in [0.1, 0.15) is 162 Å². The first-order valence-electron chi connectivity index (χ1n) is 19.4. The largest absolute Gasteiger partial charge is 0.462 e. The number of ether oxygens (including phenoxy) is 2. The van der Waals surface area contributed by atoms with Crippen molar-refractivity contribution in [3.05, 3.63) is 24.3 Å². The lowest BCUT2D eigenvalue weighted by Gasteiger charge is -2.16. The van der Waals surface area contributed by atoms with E-state index in [1.807, 2.05) is 12.2 Å². The highest BCUT2D eigenvalue weighted by Gasteiger charge is 2.39. The second kappa shape index (κ2) is 28.8. The molecule has 8 heteroatoms. The molecule has 0 bridgehead atoms. The van der Waals surface area contributed by atoms with E-state index >= 15 is 0 Å². The molecule has 8 nitrogen and oxygen atoms in total. The van der Waals surface area contributed by atoms with Crippen molar-refractivity contribution in [2.45, 2.75) is 180 Å². The number of aliphatic hydroxyl groups is 3. The van der Waals surface area contributed by atoms with Gasteiger partial charge in [0.1, 0.15) is 12.4 Å². The molecule has 0 aromatic rings. The fourth-order valence-electron chi connectivity index (χ4n) is 6.25. The maximum atomic E-state index is 12.4. The van der Waals surface area contributed by atoms with E-state index in [9.17, 15) is 29.7 Å². The van der Waals surface area contributed by atoms with E-state index in [0.717, 1.165) is 44.4 Å². The molecule has 1 fully saturated rings. The Kier molecular flexibility index (Phi) is 26.4. The molecule has 48 heavy (non-hydrogen) atoms. The van der Waals surface area contributed by atoms with E-state index in [4.69, 9.17) is 9.47 Å². The van der Waals surface area contributed by atoms with E-state index in [-0.39, 0.29) is 43.0 Å². The summed E-state index contributed by atoms with van der Waals surface area (Å²) < 4.78 is 10.5. The summed E-state index contributed by atoms with van der Waals surface area (Å²) in [5.41, 5.74) is 0. The zero-order valence-corrected chi connectivity index (χ0v) is 30.6. The smallest absolute Gasteiger partial charge is 0.306 e. The van der Waals surface area contributed by atoms with E-state index in [2.05, 4.69) is 20.8 Å². The molecular weight excluding hydrogens is 608 g/mol. The molecule has 0 heterocycles. The molecule has 1 aliphatic rings. The Balaban J connectivity index is 2.13. The van der Waals surface area contributed by atoms with Gasteiger partial charge in [0.05, 0.1) is 18.8 Å². The Hall–Kier alpha value is -2.03. The SMILES string of the molecule is CCCCC[C@H](O)/C=C/[C@H]1[C@H](O)CC(=O)[C@@H]1C/C=C\CCCC(=O)OC[C@H](CO)OC(=O)CCCCCCCCCCCCCC(C)C. The predicted octanol–water partition coefficient (Wildman–Crippen LogP) is 8.34. The molecule has 0 aliphatic heterocycles. The van der Waals surface area contributed by atoms with Crippen LogP contribution in [0.15, 0.2) is 24.3 Å². The summed E-state index contributed by atoms with van der Waals surface area (Å²) in [6, 6.07) is 0. The Morgan fingerprint density at radius 3 is 2.06 bits per heavy atom. The van der Waals surface area contributed by atoms with Gasteiger partial charge in [-0.05, 0) is 38.0 Å². The number of rotatable bonds is 30. The van der Waals surface area contributed by atoms with Crippen LogP contribution in [-0.2, 0) is 23.9 Å². The molecule has 0 amide bonds. The van der Waals surface area contributed by atoms with Crippen LogP contribution in [0.4, 0.5) is 0 Å². The van der Waals surface area contributed by atoms with Crippen molar-refractivity contribution in [3.8, 4) is 0 Å². The van der Waals surface area contributed by atoms with Gasteiger partial charge in [0.15, 0.2) is 6.10 Å². The molecule has 1 rings (SSSR count). The Labute approximate surface area is 292 Å². The topological polar surface area (TPSA) is 130 Å². The molecule has 1 aliphatic carbocycles. The zero-order valence-electron chi connectivity index (χ0n) is 30.6. The van der Waals surface area contributed by atoms with Gasteiger partial charge in [-0.3, -0.25) is 14.4 Å². The summed E-state index contributed by atoms with van der Waals surface area (Å²) >= 11 is 0. The Bertz CT molecular complexity index is 898. The van der Waals surface area contributed by atoms with Crippen molar-refractivity contribution in [3.63, 3.8) is 0 Å². The van der Waals surface area contributed by atoms with Crippen molar-refractivity contribution in [2.75, 3.05) is 13.2 Å². The van der Waals surface area contributed by atoms with Gasteiger partial charge < -0.3 is 24.8 Å². The first-order chi connectivity index (χ1) is 23.2. The monoisotopic (exact) mass is 679 g/mol. The molecule has 0 unspecified atom stereocenters. The fourth-order valence-corrected chi connectivity index (χ4v) is 6.25. The van der Waals surface area contributed by atoms with Crippen molar-refractivity contribution in [2.24, 2.45) is 17.8 Å². The van der Waals surface area contributed by atoms with Gasteiger partial charge in [-0.1, -0.05) is 135 Å². The second-order valence-electron chi connectivity index (χ2n) is 14.3. The van der Waals surface area contributed by atoms with Gasteiger partial charge in [-0.2, -0.15) is 0 Å². The van der Waals surface area contributed by atoms with Crippen LogP contribution >= 0.6 is 0 Å². The molecule has 5 atom stereocenters. The lowest BCUT2D eigenvalue weighted by Crippen LogP contribution is -2.28. The maximum Gasteiger partial charge on any atom is 0.306 e. The molecule has 0 radical (unpaired) electrons. The number of allylic oxidation sites excluding steroid dienone is 2. The van der Waals surface area contributed by atoms with Crippen LogP contribution in [0.5, 0.6) is 0 Å². The minimum Gasteiger partial charge on any atom is -0.462 e. The highest BCUT2D eigenvalue weighted by Crippen LogP contribution is 2.33. The van der Waals surface area contributed by atoms with Crippen LogP contribution in [-0.4, -0.2) is 64.6 Å². The third-order valence-corrected chi connectivity index (χ3v) is 9.29. The quantitative estimate of drug-likeness (QED) is 0.0393. The van der Waals surface area contributed by atoms with Crippen molar-refractivity contribution in [1.82, 2.24) is 0 Å². The number of hydrogen-bond acceptors (Lipinski definition) is 8. The first kappa shape index (κ1) is 44.0. The second-order valence-corrected chi connectivity index (χ2v) is 14.3. The number of carbonyl (C=O) groups excluding carboxylic acids is 3. The Morgan fingerprint density at radius 1 is 0.833 bits per heavy atom. The number of aliphatic hydroxyl groups excluding tert-OH is 3.